The van der Waals surface area contributed by atoms with Crippen LogP contribution < -0.4 is 10.7 Å². The minimum Gasteiger partial charge on any atom is -0.364 e. The minimum atomic E-state index is 0.181. The number of hydrogen-bond donors (Lipinski definition) is 2. The molecule has 1 radical (unpaired) electrons. The average Bonchev–Trinajstić information content (AvgIpc) is 2.59. The van der Waals surface area contributed by atoms with Crippen LogP contribution in [0.2, 0.25) is 0 Å². The molecule has 2 aliphatic heterocycles. The van der Waals surface area contributed by atoms with Gasteiger partial charge in [0.1, 0.15) is 0 Å². The predicted octanol–water partition coefficient (Wildman–Crippen LogP) is -0.239. The lowest BCUT2D eigenvalue weighted by Crippen LogP contribution is -2.36. The summed E-state index contributed by atoms with van der Waals surface area (Å²) in [6.07, 6.45) is 4.77. The van der Waals surface area contributed by atoms with Crippen molar-refractivity contribution in [3.63, 3.8) is 0 Å². The Labute approximate surface area is 63.5 Å². The van der Waals surface area contributed by atoms with Gasteiger partial charge >= 0.3 is 0 Å². The lowest BCUT2D eigenvalue weighted by Gasteiger charge is -2.17. The van der Waals surface area contributed by atoms with E-state index in [0.717, 1.165) is 6.54 Å². The number of hydrazine groups is 1. The lowest BCUT2D eigenvalue weighted by molar-refractivity contribution is 0.330. The van der Waals surface area contributed by atoms with Crippen molar-refractivity contribution in [3.05, 3.63) is 11.6 Å². The van der Waals surface area contributed by atoms with E-state index < -0.39 is 0 Å². The number of hydrogen-bond acceptors (Lipinski definition) is 5. The van der Waals surface area contributed by atoms with Gasteiger partial charge in [0.05, 0.1) is 6.54 Å². The topological polar surface area (TPSA) is 39.7 Å². The van der Waals surface area contributed by atoms with Crippen LogP contribution in [0.5, 0.6) is 0 Å². The molecule has 2 rings (SSSR count). The van der Waals surface area contributed by atoms with E-state index in [9.17, 15) is 0 Å². The fraction of sp³-hybridized carbons (Fsp3) is 0.400. The van der Waals surface area contributed by atoms with Crippen molar-refractivity contribution >= 4 is 18.3 Å². The summed E-state index contributed by atoms with van der Waals surface area (Å²) in [5.41, 5.74) is 3.04. The molecule has 2 N–H and O–H groups in total. The highest BCUT2D eigenvalue weighted by atomic mass is 32.2. The molecule has 0 amide bonds. The van der Waals surface area contributed by atoms with Crippen molar-refractivity contribution in [3.8, 4) is 0 Å². The van der Waals surface area contributed by atoms with Gasteiger partial charge in [-0.25, -0.2) is 4.99 Å². The summed E-state index contributed by atoms with van der Waals surface area (Å²) in [6, 6.07) is 0. The lowest BCUT2D eigenvalue weighted by atomic mass is 10.5. The van der Waals surface area contributed by atoms with Crippen molar-refractivity contribution in [2.45, 2.75) is 6.17 Å². The van der Waals surface area contributed by atoms with Crippen LogP contribution in [-0.2, 0) is 0 Å². The van der Waals surface area contributed by atoms with Crippen LogP contribution in [0.15, 0.2) is 16.6 Å². The number of nitrogens with one attached hydrogen (secondary N) is 2. The molecule has 2 heterocycles. The minimum absolute atomic E-state index is 0.181. The first kappa shape index (κ1) is 6.06. The monoisotopic (exact) mass is 155 g/mol. The summed E-state index contributed by atoms with van der Waals surface area (Å²) >= 11 is 1.61. The molecule has 0 aromatic carbocycles. The highest BCUT2D eigenvalue weighted by Gasteiger charge is 2.20. The Morgan fingerprint density at radius 2 is 2.80 bits per heavy atom. The Hall–Kier alpha value is -0.680. The zero-order valence-corrected chi connectivity index (χ0v) is 6.06. The summed E-state index contributed by atoms with van der Waals surface area (Å²) < 4.78 is 1.97. The number of rotatable bonds is 1. The van der Waals surface area contributed by atoms with E-state index in [2.05, 4.69) is 22.1 Å². The van der Waals surface area contributed by atoms with Crippen LogP contribution in [0.25, 0.3) is 0 Å². The van der Waals surface area contributed by atoms with Gasteiger partial charge in [-0.05, 0) is 11.9 Å². The van der Waals surface area contributed by atoms with E-state index >= 15 is 0 Å². The van der Waals surface area contributed by atoms with Gasteiger partial charge < -0.3 is 10.7 Å². The van der Waals surface area contributed by atoms with E-state index in [1.54, 1.807) is 11.9 Å². The van der Waals surface area contributed by atoms with Crippen molar-refractivity contribution in [2.24, 2.45) is 4.99 Å². The van der Waals surface area contributed by atoms with E-state index in [4.69, 9.17) is 0 Å². The van der Waals surface area contributed by atoms with Crippen LogP contribution >= 0.6 is 11.9 Å². The summed E-state index contributed by atoms with van der Waals surface area (Å²) in [5.74, 6) is 0. The first-order chi connectivity index (χ1) is 4.97. The van der Waals surface area contributed by atoms with Gasteiger partial charge in [0.15, 0.2) is 12.5 Å². The summed E-state index contributed by atoms with van der Waals surface area (Å²) in [7, 11) is 0. The van der Waals surface area contributed by atoms with Crippen LogP contribution in [0.1, 0.15) is 0 Å². The predicted molar refractivity (Wildman–Crippen MR) is 40.9 cm³/mol. The molecule has 2 aliphatic rings. The molecule has 0 fully saturated rings. The molecule has 0 bridgehead atoms. The van der Waals surface area contributed by atoms with Crippen molar-refractivity contribution in [1.82, 2.24) is 15.2 Å². The van der Waals surface area contributed by atoms with Crippen molar-refractivity contribution in [1.29, 1.82) is 0 Å². The molecule has 0 aromatic rings. The van der Waals surface area contributed by atoms with Gasteiger partial charge in [-0.3, -0.25) is 0 Å². The van der Waals surface area contributed by atoms with Crippen LogP contribution in [-0.4, -0.2) is 23.5 Å². The zero-order valence-electron chi connectivity index (χ0n) is 5.24. The van der Waals surface area contributed by atoms with E-state index in [1.807, 2.05) is 16.0 Å². The maximum atomic E-state index is 4.06. The SMILES string of the molecule is [C]1=NC(N2NC=CS2)CN1. The van der Waals surface area contributed by atoms with Gasteiger partial charge in [0.2, 0.25) is 0 Å². The number of aliphatic imine (C=N–C) groups is 1. The normalized spacial score (nSPS) is 30.6. The van der Waals surface area contributed by atoms with Crippen molar-refractivity contribution in [2.75, 3.05) is 6.54 Å². The van der Waals surface area contributed by atoms with Gasteiger partial charge in [-0.2, -0.15) is 0 Å². The van der Waals surface area contributed by atoms with Gasteiger partial charge in [0.25, 0.3) is 0 Å². The molecule has 10 heavy (non-hydrogen) atoms. The Morgan fingerprint density at radius 1 is 1.80 bits per heavy atom. The zero-order chi connectivity index (χ0) is 6.81. The molecule has 0 saturated heterocycles. The molecule has 0 spiro atoms. The molecule has 1 atom stereocenters. The second kappa shape index (κ2) is 2.51. The fourth-order valence-corrected chi connectivity index (χ4v) is 1.46. The first-order valence-electron chi connectivity index (χ1n) is 3.02. The molecule has 5 heteroatoms. The largest absolute Gasteiger partial charge is 0.364 e. The Balaban J connectivity index is 1.93. The maximum absolute atomic E-state index is 4.06. The highest BCUT2D eigenvalue weighted by molar-refractivity contribution is 8.00. The third-order valence-corrected chi connectivity index (χ3v) is 2.13. The van der Waals surface area contributed by atoms with Crippen LogP contribution in [0.3, 0.4) is 0 Å². The highest BCUT2D eigenvalue weighted by Crippen LogP contribution is 2.18. The maximum Gasteiger partial charge on any atom is 0.166 e. The fourth-order valence-electron chi connectivity index (χ4n) is 0.825. The molecule has 0 saturated carbocycles. The van der Waals surface area contributed by atoms with Gasteiger partial charge in [0, 0.05) is 11.6 Å². The van der Waals surface area contributed by atoms with E-state index in [1.165, 1.54) is 0 Å². The van der Waals surface area contributed by atoms with Gasteiger partial charge in [-0.1, -0.05) is 0 Å². The average molecular weight is 155 g/mol. The third kappa shape index (κ3) is 0.975. The molecule has 4 nitrogen and oxygen atoms in total. The summed E-state index contributed by atoms with van der Waals surface area (Å²) in [6.45, 7) is 0.835. The second-order valence-electron chi connectivity index (χ2n) is 1.97. The summed E-state index contributed by atoms with van der Waals surface area (Å²) in [4.78, 5) is 4.06. The van der Waals surface area contributed by atoms with Crippen molar-refractivity contribution < 1.29 is 0 Å². The number of nitrogens with zero attached hydrogens (tertiary/aromatic N) is 2. The standard InChI is InChI=1S/C5H7N4S/c1-2-10-9(8-1)5-3-6-4-7-5/h1-2,5,8H,3H2,(H,6,7). The Bertz CT molecular complexity index is 170. The first-order valence-corrected chi connectivity index (χ1v) is 3.85. The quantitative estimate of drug-likeness (QED) is 0.513. The summed E-state index contributed by atoms with van der Waals surface area (Å²) in [5, 5.41) is 4.89. The second-order valence-corrected chi connectivity index (χ2v) is 2.84. The molecule has 0 aromatic heterocycles. The smallest absolute Gasteiger partial charge is 0.166 e. The molecular formula is C5H7N4S. The molecular weight excluding hydrogens is 148 g/mol. The molecule has 1 unspecified atom stereocenters. The third-order valence-electron chi connectivity index (χ3n) is 1.29. The Kier molecular flexibility index (Phi) is 1.52. The van der Waals surface area contributed by atoms with Crippen LogP contribution in [0.4, 0.5) is 0 Å². The van der Waals surface area contributed by atoms with E-state index in [0.29, 0.717) is 0 Å². The Morgan fingerprint density at radius 3 is 3.40 bits per heavy atom. The van der Waals surface area contributed by atoms with Gasteiger partial charge in [-0.15, -0.1) is 4.41 Å². The van der Waals surface area contributed by atoms with Crippen LogP contribution in [0, 0.1) is 0 Å². The van der Waals surface area contributed by atoms with E-state index in [-0.39, 0.29) is 6.17 Å². The molecule has 53 valence electrons. The molecule has 0 aliphatic carbocycles.